The highest BCUT2D eigenvalue weighted by Gasteiger charge is 2.21. The van der Waals surface area contributed by atoms with Crippen molar-refractivity contribution in [2.45, 2.75) is 46.1 Å². The number of aromatic nitrogens is 1. The Bertz CT molecular complexity index is 734. The summed E-state index contributed by atoms with van der Waals surface area (Å²) in [4.78, 5) is 12.7. The fourth-order valence-corrected chi connectivity index (χ4v) is 4.32. The fourth-order valence-electron chi connectivity index (χ4n) is 3.53. The van der Waals surface area contributed by atoms with Gasteiger partial charge in [-0.25, -0.2) is 4.98 Å². The molecule has 8 heteroatoms. The van der Waals surface area contributed by atoms with Gasteiger partial charge in [-0.3, -0.25) is 9.89 Å². The van der Waals surface area contributed by atoms with E-state index in [4.69, 9.17) is 4.42 Å². The number of nitrogens with zero attached hydrogens (tertiary/aromatic N) is 3. The molecule has 2 N–H and O–H groups in total. The summed E-state index contributed by atoms with van der Waals surface area (Å²) < 4.78 is 5.72. The number of aryl methyl sites for hydroxylation is 2. The topological polar surface area (TPSA) is 65.7 Å². The van der Waals surface area contributed by atoms with Crippen LogP contribution < -0.4 is 10.6 Å². The molecule has 0 amide bonds. The number of piperidine rings is 1. The lowest BCUT2D eigenvalue weighted by Crippen LogP contribution is -2.43. The van der Waals surface area contributed by atoms with Crippen LogP contribution in [0.15, 0.2) is 26.9 Å². The van der Waals surface area contributed by atoms with Crippen LogP contribution in [0.1, 0.15) is 47.9 Å². The van der Waals surface area contributed by atoms with E-state index in [1.54, 1.807) is 0 Å². The molecule has 1 unspecified atom stereocenters. The third-order valence-corrected chi connectivity index (χ3v) is 6.63. The first-order valence-electron chi connectivity index (χ1n) is 10.2. The smallest absolute Gasteiger partial charge is 0.208 e. The number of likely N-dealkylation sites (tertiary alicyclic amines) is 1. The zero-order valence-corrected chi connectivity index (χ0v) is 21.0. The van der Waals surface area contributed by atoms with Gasteiger partial charge >= 0.3 is 0 Å². The van der Waals surface area contributed by atoms with Crippen molar-refractivity contribution in [2.24, 2.45) is 10.9 Å². The average molecular weight is 532 g/mol. The number of halogens is 1. The minimum atomic E-state index is 0. The maximum atomic E-state index is 5.72. The largest absolute Gasteiger partial charge is 0.444 e. The Morgan fingerprint density at radius 1 is 1.34 bits per heavy atom. The van der Waals surface area contributed by atoms with Gasteiger partial charge in [0.15, 0.2) is 5.96 Å². The molecule has 2 aromatic heterocycles. The quantitative estimate of drug-likeness (QED) is 0.319. The number of guanidine groups is 1. The van der Waals surface area contributed by atoms with E-state index in [2.05, 4.69) is 49.9 Å². The summed E-state index contributed by atoms with van der Waals surface area (Å²) in [6, 6.07) is 4.31. The first-order chi connectivity index (χ1) is 13.5. The zero-order chi connectivity index (χ0) is 19.9. The van der Waals surface area contributed by atoms with E-state index in [1.807, 2.05) is 32.2 Å². The van der Waals surface area contributed by atoms with E-state index in [0.717, 1.165) is 56.0 Å². The van der Waals surface area contributed by atoms with Crippen LogP contribution in [0.4, 0.5) is 0 Å². The molecule has 1 saturated heterocycles. The predicted molar refractivity (Wildman–Crippen MR) is 131 cm³/mol. The molecule has 2 aromatic rings. The number of thiophene rings is 1. The van der Waals surface area contributed by atoms with Crippen molar-refractivity contribution in [1.29, 1.82) is 0 Å². The third-order valence-electron chi connectivity index (χ3n) is 5.53. The zero-order valence-electron chi connectivity index (χ0n) is 17.9. The van der Waals surface area contributed by atoms with Crippen LogP contribution in [0.5, 0.6) is 0 Å². The van der Waals surface area contributed by atoms with E-state index in [1.165, 1.54) is 17.7 Å². The summed E-state index contributed by atoms with van der Waals surface area (Å²) in [5, 5.41) is 9.10. The summed E-state index contributed by atoms with van der Waals surface area (Å²) in [5.74, 6) is 3.84. The molecule has 0 aliphatic carbocycles. The van der Waals surface area contributed by atoms with Crippen molar-refractivity contribution < 1.29 is 4.42 Å². The van der Waals surface area contributed by atoms with Crippen LogP contribution in [-0.4, -0.2) is 49.1 Å². The molecule has 1 fully saturated rings. The monoisotopic (exact) mass is 531 g/mol. The Balaban J connectivity index is 0.00000300. The van der Waals surface area contributed by atoms with Crippen molar-refractivity contribution in [1.82, 2.24) is 20.5 Å². The second-order valence-corrected chi connectivity index (χ2v) is 8.70. The van der Waals surface area contributed by atoms with Gasteiger partial charge in [-0.05, 0) is 57.1 Å². The van der Waals surface area contributed by atoms with Gasteiger partial charge in [0.1, 0.15) is 5.76 Å². The summed E-state index contributed by atoms with van der Waals surface area (Å²) in [6.07, 6.45) is 2.38. The maximum Gasteiger partial charge on any atom is 0.208 e. The summed E-state index contributed by atoms with van der Waals surface area (Å²) in [5.41, 5.74) is 1.00. The fraction of sp³-hybridized carbons (Fsp3) is 0.619. The molecule has 3 rings (SSSR count). The molecule has 0 spiro atoms. The van der Waals surface area contributed by atoms with Crippen LogP contribution in [0.25, 0.3) is 0 Å². The van der Waals surface area contributed by atoms with Gasteiger partial charge < -0.3 is 15.1 Å². The number of oxazole rings is 1. The Hall–Kier alpha value is -1.13. The number of hydrogen-bond donors (Lipinski definition) is 2. The molecular weight excluding hydrogens is 497 g/mol. The first-order valence-corrected chi connectivity index (χ1v) is 11.1. The SMILES string of the molecule is CN=C(NCC1CCN(Cc2nc(C)c(C)o2)CC1)NCC(C)c1cccs1.I. The van der Waals surface area contributed by atoms with E-state index >= 15 is 0 Å². The van der Waals surface area contributed by atoms with Gasteiger partial charge in [-0.2, -0.15) is 0 Å². The van der Waals surface area contributed by atoms with E-state index in [-0.39, 0.29) is 24.0 Å². The van der Waals surface area contributed by atoms with Crippen molar-refractivity contribution in [3.05, 3.63) is 39.7 Å². The van der Waals surface area contributed by atoms with Crippen LogP contribution in [0, 0.1) is 19.8 Å². The van der Waals surface area contributed by atoms with Crippen molar-refractivity contribution in [3.63, 3.8) is 0 Å². The Morgan fingerprint density at radius 3 is 2.69 bits per heavy atom. The molecule has 3 heterocycles. The van der Waals surface area contributed by atoms with Gasteiger partial charge in [0.25, 0.3) is 0 Å². The van der Waals surface area contributed by atoms with Gasteiger partial charge in [-0.15, -0.1) is 35.3 Å². The standard InChI is InChI=1S/C21H33N5OS.HI/c1-15(19-6-5-11-28-19)12-23-21(22-4)24-13-18-7-9-26(10-8-18)14-20-25-16(2)17(3)27-20;/h5-6,11,15,18H,7-10,12-14H2,1-4H3,(H2,22,23,24);1H. The van der Waals surface area contributed by atoms with E-state index < -0.39 is 0 Å². The second-order valence-electron chi connectivity index (χ2n) is 7.72. The first kappa shape index (κ1) is 24.1. The second kappa shape index (κ2) is 11.9. The van der Waals surface area contributed by atoms with E-state index in [9.17, 15) is 0 Å². The third kappa shape index (κ3) is 7.25. The lowest BCUT2D eigenvalue weighted by atomic mass is 9.97. The molecule has 1 aliphatic rings. The molecule has 6 nitrogen and oxygen atoms in total. The van der Waals surface area contributed by atoms with E-state index in [0.29, 0.717) is 11.8 Å². The lowest BCUT2D eigenvalue weighted by Gasteiger charge is -2.31. The van der Waals surface area contributed by atoms with Crippen LogP contribution >= 0.6 is 35.3 Å². The Kier molecular flexibility index (Phi) is 9.91. The van der Waals surface area contributed by atoms with Gasteiger partial charge in [0.05, 0.1) is 12.2 Å². The highest BCUT2D eigenvalue weighted by Crippen LogP contribution is 2.20. The summed E-state index contributed by atoms with van der Waals surface area (Å²) in [7, 11) is 1.84. The van der Waals surface area contributed by atoms with Gasteiger partial charge in [0.2, 0.25) is 5.89 Å². The molecule has 0 radical (unpaired) electrons. The molecule has 162 valence electrons. The molecule has 29 heavy (non-hydrogen) atoms. The lowest BCUT2D eigenvalue weighted by molar-refractivity contribution is 0.164. The molecule has 1 aliphatic heterocycles. The van der Waals surface area contributed by atoms with Crippen LogP contribution in [0.3, 0.4) is 0 Å². The highest BCUT2D eigenvalue weighted by molar-refractivity contribution is 14.0. The van der Waals surface area contributed by atoms with Gasteiger partial charge in [0, 0.05) is 30.9 Å². The van der Waals surface area contributed by atoms with Crippen LogP contribution in [0.2, 0.25) is 0 Å². The Labute approximate surface area is 195 Å². The Morgan fingerprint density at radius 2 is 2.10 bits per heavy atom. The molecule has 1 atom stereocenters. The average Bonchev–Trinajstić information content (AvgIpc) is 3.33. The normalized spacial score (nSPS) is 17.0. The molecule has 0 aromatic carbocycles. The molecule has 0 saturated carbocycles. The summed E-state index contributed by atoms with van der Waals surface area (Å²) in [6.45, 7) is 11.1. The van der Waals surface area contributed by atoms with Crippen molar-refractivity contribution in [2.75, 3.05) is 33.2 Å². The van der Waals surface area contributed by atoms with Crippen LogP contribution in [-0.2, 0) is 6.54 Å². The minimum Gasteiger partial charge on any atom is -0.444 e. The number of nitrogens with one attached hydrogen (secondary N) is 2. The number of hydrogen-bond acceptors (Lipinski definition) is 5. The molecule has 0 bridgehead atoms. The highest BCUT2D eigenvalue weighted by atomic mass is 127. The van der Waals surface area contributed by atoms with Gasteiger partial charge in [-0.1, -0.05) is 13.0 Å². The molecular formula is C21H34IN5OS. The van der Waals surface area contributed by atoms with Crippen molar-refractivity contribution >= 4 is 41.3 Å². The minimum absolute atomic E-state index is 0. The van der Waals surface area contributed by atoms with Crippen molar-refractivity contribution in [3.8, 4) is 0 Å². The summed E-state index contributed by atoms with van der Waals surface area (Å²) >= 11 is 1.81. The number of aliphatic imine (C=N–C) groups is 1. The number of rotatable bonds is 7. The predicted octanol–water partition coefficient (Wildman–Crippen LogP) is 4.15. The maximum absolute atomic E-state index is 5.72.